The van der Waals surface area contributed by atoms with Gasteiger partial charge < -0.3 is 20.4 Å². The van der Waals surface area contributed by atoms with Gasteiger partial charge in [0.25, 0.3) is 5.91 Å². The summed E-state index contributed by atoms with van der Waals surface area (Å²) >= 11 is 0. The minimum absolute atomic E-state index is 0.158. The molecule has 1 aromatic rings. The Kier molecular flexibility index (Phi) is 8.51. The highest BCUT2D eigenvalue weighted by Crippen LogP contribution is 2.26. The van der Waals surface area contributed by atoms with Gasteiger partial charge in [0.2, 0.25) is 0 Å². The molecule has 1 aliphatic carbocycles. The quantitative estimate of drug-likeness (QED) is 0.377. The Labute approximate surface area is 157 Å². The van der Waals surface area contributed by atoms with E-state index in [1.54, 1.807) is 6.07 Å². The minimum atomic E-state index is -0.158. The molecule has 1 amide bonds. The van der Waals surface area contributed by atoms with E-state index in [0.717, 1.165) is 30.4 Å². The third kappa shape index (κ3) is 6.39. The van der Waals surface area contributed by atoms with Crippen LogP contribution in [0.4, 0.5) is 0 Å². The van der Waals surface area contributed by atoms with E-state index < -0.39 is 0 Å². The highest BCUT2D eigenvalue weighted by molar-refractivity contribution is 5.92. The van der Waals surface area contributed by atoms with Crippen LogP contribution in [0.2, 0.25) is 0 Å². The maximum absolute atomic E-state index is 12.0. The molecule has 0 aromatic carbocycles. The molecule has 1 fully saturated rings. The van der Waals surface area contributed by atoms with E-state index in [1.807, 2.05) is 6.92 Å². The van der Waals surface area contributed by atoms with Gasteiger partial charge in [-0.3, -0.25) is 9.79 Å². The normalized spacial score (nSPS) is 20.7. The number of rotatable bonds is 8. The maximum atomic E-state index is 12.0. The lowest BCUT2D eigenvalue weighted by Crippen LogP contribution is -2.45. The van der Waals surface area contributed by atoms with Crippen LogP contribution in [0.5, 0.6) is 0 Å². The molecule has 6 nitrogen and oxygen atoms in total. The molecule has 6 heteroatoms. The van der Waals surface area contributed by atoms with Crippen molar-refractivity contribution in [3.05, 3.63) is 23.7 Å². The monoisotopic (exact) mass is 362 g/mol. The summed E-state index contributed by atoms with van der Waals surface area (Å²) in [6.45, 7) is 8.35. The summed E-state index contributed by atoms with van der Waals surface area (Å²) in [5, 5.41) is 9.80. The zero-order valence-electron chi connectivity index (χ0n) is 16.4. The van der Waals surface area contributed by atoms with E-state index >= 15 is 0 Å². The van der Waals surface area contributed by atoms with E-state index in [9.17, 15) is 4.79 Å². The Bertz CT molecular complexity index is 582. The SMILES string of the molecule is CCNC(=NCCCNC(=O)c1occc1C)NC1CCCC(CC)C1. The first kappa shape index (κ1) is 20.3. The van der Waals surface area contributed by atoms with Crippen molar-refractivity contribution in [1.29, 1.82) is 0 Å². The van der Waals surface area contributed by atoms with Gasteiger partial charge in [-0.05, 0) is 45.1 Å². The summed E-state index contributed by atoms with van der Waals surface area (Å²) in [6, 6.07) is 2.31. The molecule has 2 rings (SSSR count). The van der Waals surface area contributed by atoms with Crippen molar-refractivity contribution in [3.63, 3.8) is 0 Å². The molecule has 1 aromatic heterocycles. The Morgan fingerprint density at radius 3 is 2.85 bits per heavy atom. The van der Waals surface area contributed by atoms with Crippen LogP contribution in [0.3, 0.4) is 0 Å². The predicted octanol–water partition coefficient (Wildman–Crippen LogP) is 3.23. The van der Waals surface area contributed by atoms with Crippen molar-refractivity contribution in [2.75, 3.05) is 19.6 Å². The van der Waals surface area contributed by atoms with Crippen molar-refractivity contribution in [2.24, 2.45) is 10.9 Å². The summed E-state index contributed by atoms with van der Waals surface area (Å²) in [4.78, 5) is 16.6. The Morgan fingerprint density at radius 1 is 1.31 bits per heavy atom. The van der Waals surface area contributed by atoms with Crippen molar-refractivity contribution in [2.45, 2.75) is 65.3 Å². The molecule has 26 heavy (non-hydrogen) atoms. The van der Waals surface area contributed by atoms with Crippen LogP contribution in [-0.2, 0) is 0 Å². The second-order valence-corrected chi connectivity index (χ2v) is 7.08. The predicted molar refractivity (Wildman–Crippen MR) is 106 cm³/mol. The van der Waals surface area contributed by atoms with Gasteiger partial charge in [-0.15, -0.1) is 0 Å². The second-order valence-electron chi connectivity index (χ2n) is 7.08. The van der Waals surface area contributed by atoms with E-state index in [4.69, 9.17) is 4.42 Å². The van der Waals surface area contributed by atoms with Gasteiger partial charge in [-0.1, -0.05) is 26.2 Å². The van der Waals surface area contributed by atoms with E-state index in [0.29, 0.717) is 24.9 Å². The highest BCUT2D eigenvalue weighted by atomic mass is 16.3. The Morgan fingerprint density at radius 2 is 2.15 bits per heavy atom. The van der Waals surface area contributed by atoms with Crippen LogP contribution in [0, 0.1) is 12.8 Å². The van der Waals surface area contributed by atoms with E-state index in [1.165, 1.54) is 38.4 Å². The molecule has 146 valence electrons. The number of aryl methyl sites for hydroxylation is 1. The lowest BCUT2D eigenvalue weighted by molar-refractivity contribution is 0.0925. The molecule has 0 saturated heterocycles. The molecule has 1 saturated carbocycles. The lowest BCUT2D eigenvalue weighted by atomic mass is 9.84. The molecular weight excluding hydrogens is 328 g/mol. The fraction of sp³-hybridized carbons (Fsp3) is 0.700. The summed E-state index contributed by atoms with van der Waals surface area (Å²) in [6.07, 6.45) is 8.71. The number of carbonyl (C=O) groups is 1. The van der Waals surface area contributed by atoms with Gasteiger partial charge in [0.1, 0.15) is 0 Å². The number of hydrogen-bond donors (Lipinski definition) is 3. The molecule has 1 aliphatic rings. The number of guanidine groups is 1. The topological polar surface area (TPSA) is 78.7 Å². The van der Waals surface area contributed by atoms with Gasteiger partial charge in [-0.25, -0.2) is 0 Å². The van der Waals surface area contributed by atoms with Crippen molar-refractivity contribution >= 4 is 11.9 Å². The standard InChI is InChI=1S/C20H34N4O2/c1-4-16-8-6-9-17(14-16)24-20(21-5-2)23-12-7-11-22-19(25)18-15(3)10-13-26-18/h10,13,16-17H,4-9,11-12,14H2,1-3H3,(H,22,25)(H2,21,23,24). The Hall–Kier alpha value is -1.98. The van der Waals surface area contributed by atoms with Crippen LogP contribution in [0.1, 0.15) is 68.5 Å². The number of furan rings is 1. The molecule has 0 radical (unpaired) electrons. The summed E-state index contributed by atoms with van der Waals surface area (Å²) in [5.41, 5.74) is 0.858. The van der Waals surface area contributed by atoms with Crippen molar-refractivity contribution < 1.29 is 9.21 Å². The Balaban J connectivity index is 1.72. The number of nitrogens with zero attached hydrogens (tertiary/aromatic N) is 1. The number of hydrogen-bond acceptors (Lipinski definition) is 3. The first-order valence-corrected chi connectivity index (χ1v) is 10.0. The van der Waals surface area contributed by atoms with Crippen LogP contribution >= 0.6 is 0 Å². The summed E-state index contributed by atoms with van der Waals surface area (Å²) in [7, 11) is 0. The molecule has 1 heterocycles. The van der Waals surface area contributed by atoms with E-state index in [-0.39, 0.29) is 5.91 Å². The summed E-state index contributed by atoms with van der Waals surface area (Å²) < 4.78 is 5.20. The lowest BCUT2D eigenvalue weighted by Gasteiger charge is -2.30. The van der Waals surface area contributed by atoms with Gasteiger partial charge in [0.15, 0.2) is 11.7 Å². The number of carbonyl (C=O) groups excluding carboxylic acids is 1. The summed E-state index contributed by atoms with van der Waals surface area (Å²) in [5.74, 6) is 1.97. The molecule has 2 atom stereocenters. The molecule has 3 N–H and O–H groups in total. The van der Waals surface area contributed by atoms with Crippen molar-refractivity contribution in [1.82, 2.24) is 16.0 Å². The molecule has 0 aliphatic heterocycles. The second kappa shape index (κ2) is 10.9. The van der Waals surface area contributed by atoms with Gasteiger partial charge in [-0.2, -0.15) is 0 Å². The molecule has 0 spiro atoms. The third-order valence-corrected chi connectivity index (χ3v) is 5.00. The van der Waals surface area contributed by atoms with Crippen LogP contribution in [0.25, 0.3) is 0 Å². The highest BCUT2D eigenvalue weighted by Gasteiger charge is 2.21. The van der Waals surface area contributed by atoms with Crippen LogP contribution < -0.4 is 16.0 Å². The largest absolute Gasteiger partial charge is 0.459 e. The fourth-order valence-electron chi connectivity index (χ4n) is 3.46. The van der Waals surface area contributed by atoms with Crippen LogP contribution in [-0.4, -0.2) is 37.5 Å². The molecule has 2 unspecified atom stereocenters. The average Bonchev–Trinajstić information content (AvgIpc) is 3.07. The van der Waals surface area contributed by atoms with Crippen LogP contribution in [0.15, 0.2) is 21.7 Å². The first-order chi connectivity index (χ1) is 12.6. The van der Waals surface area contributed by atoms with E-state index in [2.05, 4.69) is 34.8 Å². The van der Waals surface area contributed by atoms with Crippen molar-refractivity contribution in [3.8, 4) is 0 Å². The van der Waals surface area contributed by atoms with Gasteiger partial charge >= 0.3 is 0 Å². The van der Waals surface area contributed by atoms with Gasteiger partial charge in [0.05, 0.1) is 6.26 Å². The number of nitrogens with one attached hydrogen (secondary N) is 3. The first-order valence-electron chi connectivity index (χ1n) is 10.0. The smallest absolute Gasteiger partial charge is 0.287 e. The molecule has 0 bridgehead atoms. The number of aliphatic imine (C=N–C) groups is 1. The average molecular weight is 363 g/mol. The maximum Gasteiger partial charge on any atom is 0.287 e. The third-order valence-electron chi connectivity index (χ3n) is 5.00. The zero-order valence-corrected chi connectivity index (χ0v) is 16.4. The number of amides is 1. The fourth-order valence-corrected chi connectivity index (χ4v) is 3.46. The zero-order chi connectivity index (χ0) is 18.8. The molecular formula is C20H34N4O2. The minimum Gasteiger partial charge on any atom is -0.459 e. The van der Waals surface area contributed by atoms with Gasteiger partial charge in [0, 0.05) is 31.2 Å².